The number of rotatable bonds is 2. The van der Waals surface area contributed by atoms with E-state index < -0.39 is 0 Å². The molecule has 0 atom stereocenters. The quantitative estimate of drug-likeness (QED) is 0.523. The molecular weight excluding hydrogens is 300 g/mol. The van der Waals surface area contributed by atoms with Crippen molar-refractivity contribution in [1.29, 1.82) is 0 Å². The molecular formula is C21H14O3. The van der Waals surface area contributed by atoms with Crippen LogP contribution >= 0.6 is 0 Å². The van der Waals surface area contributed by atoms with Crippen molar-refractivity contribution in [2.45, 2.75) is 0 Å². The molecule has 0 aliphatic heterocycles. The van der Waals surface area contributed by atoms with Gasteiger partial charge in [0.15, 0.2) is 11.6 Å². The summed E-state index contributed by atoms with van der Waals surface area (Å²) in [5, 5.41) is 1.92. The maximum atomic E-state index is 12.7. The number of ketones is 2. The number of hydrogen-bond acceptors (Lipinski definition) is 3. The maximum absolute atomic E-state index is 12.7. The van der Waals surface area contributed by atoms with Crippen LogP contribution in [0.2, 0.25) is 0 Å². The van der Waals surface area contributed by atoms with Gasteiger partial charge < -0.3 is 4.74 Å². The average Bonchev–Trinajstić information content (AvgIpc) is 2.85. The molecule has 0 saturated heterocycles. The van der Waals surface area contributed by atoms with E-state index in [9.17, 15) is 9.59 Å². The Morgan fingerprint density at radius 2 is 1.42 bits per heavy atom. The minimum atomic E-state index is -0.219. The van der Waals surface area contributed by atoms with Crippen molar-refractivity contribution < 1.29 is 14.3 Å². The number of allylic oxidation sites excluding steroid dienone is 1. The molecule has 0 radical (unpaired) electrons. The topological polar surface area (TPSA) is 43.4 Å². The SMILES string of the molecule is COc1cccc(C=C2C(=O)c3cc4ccccc4cc3C2=O)c1. The first kappa shape index (κ1) is 14.4. The van der Waals surface area contributed by atoms with Gasteiger partial charge in [-0.15, -0.1) is 0 Å². The lowest BCUT2D eigenvalue weighted by molar-refractivity contribution is 0.0990. The summed E-state index contributed by atoms with van der Waals surface area (Å²) < 4.78 is 5.19. The Kier molecular flexibility index (Phi) is 3.28. The molecule has 0 aromatic heterocycles. The van der Waals surface area contributed by atoms with E-state index in [1.54, 1.807) is 31.4 Å². The van der Waals surface area contributed by atoms with Gasteiger partial charge >= 0.3 is 0 Å². The Bertz CT molecular complexity index is 972. The van der Waals surface area contributed by atoms with Gasteiger partial charge in [0.25, 0.3) is 0 Å². The Balaban J connectivity index is 1.84. The molecule has 3 nitrogen and oxygen atoms in total. The van der Waals surface area contributed by atoms with E-state index in [1.807, 2.05) is 42.5 Å². The highest BCUT2D eigenvalue weighted by Gasteiger charge is 2.33. The summed E-state index contributed by atoms with van der Waals surface area (Å²) in [7, 11) is 1.58. The first-order valence-corrected chi connectivity index (χ1v) is 7.65. The van der Waals surface area contributed by atoms with Crippen LogP contribution in [0.25, 0.3) is 16.8 Å². The predicted molar refractivity (Wildman–Crippen MR) is 93.6 cm³/mol. The molecule has 3 aromatic carbocycles. The summed E-state index contributed by atoms with van der Waals surface area (Å²) >= 11 is 0. The van der Waals surface area contributed by atoms with E-state index in [0.717, 1.165) is 16.3 Å². The molecule has 0 saturated carbocycles. The third kappa shape index (κ3) is 2.22. The Morgan fingerprint density at radius 3 is 2.00 bits per heavy atom. The second kappa shape index (κ2) is 5.46. The van der Waals surface area contributed by atoms with Gasteiger partial charge in [-0.25, -0.2) is 0 Å². The highest BCUT2D eigenvalue weighted by molar-refractivity contribution is 6.42. The molecule has 1 aliphatic carbocycles. The molecule has 0 N–H and O–H groups in total. The number of benzene rings is 3. The molecule has 0 heterocycles. The van der Waals surface area contributed by atoms with Crippen molar-refractivity contribution in [2.75, 3.05) is 7.11 Å². The third-order valence-corrected chi connectivity index (χ3v) is 4.27. The molecule has 0 amide bonds. The Morgan fingerprint density at radius 1 is 0.792 bits per heavy atom. The predicted octanol–water partition coefficient (Wildman–Crippen LogP) is 4.31. The number of carbonyl (C=O) groups is 2. The number of hydrogen-bond donors (Lipinski definition) is 0. The monoisotopic (exact) mass is 314 g/mol. The summed E-state index contributed by atoms with van der Waals surface area (Å²) in [4.78, 5) is 25.4. The molecule has 3 heteroatoms. The van der Waals surface area contributed by atoms with Crippen molar-refractivity contribution in [3.63, 3.8) is 0 Å². The zero-order chi connectivity index (χ0) is 16.7. The molecule has 4 rings (SSSR count). The van der Waals surface area contributed by atoms with Gasteiger partial charge in [0.2, 0.25) is 0 Å². The first-order valence-electron chi connectivity index (χ1n) is 7.65. The van der Waals surface area contributed by atoms with Crippen molar-refractivity contribution in [1.82, 2.24) is 0 Å². The zero-order valence-electron chi connectivity index (χ0n) is 13.1. The third-order valence-electron chi connectivity index (χ3n) is 4.27. The normalized spacial score (nSPS) is 13.3. The van der Waals surface area contributed by atoms with Gasteiger partial charge in [-0.05, 0) is 46.7 Å². The summed E-state index contributed by atoms with van der Waals surface area (Å²) in [5.74, 6) is 0.248. The van der Waals surface area contributed by atoms with Crippen LogP contribution in [0, 0.1) is 0 Å². The van der Waals surface area contributed by atoms with E-state index >= 15 is 0 Å². The molecule has 0 fully saturated rings. The van der Waals surface area contributed by atoms with Gasteiger partial charge in [0.05, 0.1) is 12.7 Å². The molecule has 0 bridgehead atoms. The summed E-state index contributed by atoms with van der Waals surface area (Å²) in [6, 6.07) is 18.6. The number of ether oxygens (including phenoxy) is 1. The lowest BCUT2D eigenvalue weighted by Gasteiger charge is -2.01. The molecule has 24 heavy (non-hydrogen) atoms. The van der Waals surface area contributed by atoms with E-state index in [0.29, 0.717) is 16.9 Å². The minimum Gasteiger partial charge on any atom is -0.497 e. The Hall–Kier alpha value is -3.20. The van der Waals surface area contributed by atoms with Crippen LogP contribution in [0.3, 0.4) is 0 Å². The fourth-order valence-corrected chi connectivity index (χ4v) is 3.04. The largest absolute Gasteiger partial charge is 0.497 e. The second-order valence-electron chi connectivity index (χ2n) is 5.74. The number of Topliss-reactive ketones (excluding diaryl/α,β-unsaturated/α-hetero) is 2. The van der Waals surface area contributed by atoms with E-state index in [2.05, 4.69) is 0 Å². The number of methoxy groups -OCH3 is 1. The smallest absolute Gasteiger partial charge is 0.197 e. The molecule has 116 valence electrons. The van der Waals surface area contributed by atoms with Crippen LogP contribution in [0.1, 0.15) is 26.3 Å². The highest BCUT2D eigenvalue weighted by atomic mass is 16.5. The molecule has 0 unspecified atom stereocenters. The fraction of sp³-hybridized carbons (Fsp3) is 0.0476. The lowest BCUT2D eigenvalue weighted by atomic mass is 10.0. The number of carbonyl (C=O) groups excluding carboxylic acids is 2. The molecule has 0 spiro atoms. The van der Waals surface area contributed by atoms with Crippen LogP contribution in [-0.2, 0) is 0 Å². The fourth-order valence-electron chi connectivity index (χ4n) is 3.04. The van der Waals surface area contributed by atoms with E-state index in [4.69, 9.17) is 4.74 Å². The zero-order valence-corrected chi connectivity index (χ0v) is 13.1. The highest BCUT2D eigenvalue weighted by Crippen LogP contribution is 2.31. The van der Waals surface area contributed by atoms with E-state index in [-0.39, 0.29) is 17.1 Å². The van der Waals surface area contributed by atoms with Gasteiger partial charge in [-0.1, -0.05) is 36.4 Å². The number of fused-ring (bicyclic) bond motifs is 2. The van der Waals surface area contributed by atoms with Gasteiger partial charge in [-0.2, -0.15) is 0 Å². The van der Waals surface area contributed by atoms with Crippen molar-refractivity contribution >= 4 is 28.4 Å². The maximum Gasteiger partial charge on any atom is 0.197 e. The van der Waals surface area contributed by atoms with Crippen LogP contribution in [-0.4, -0.2) is 18.7 Å². The van der Waals surface area contributed by atoms with E-state index in [1.165, 1.54) is 0 Å². The van der Waals surface area contributed by atoms with Crippen LogP contribution in [0.15, 0.2) is 66.2 Å². The standard InChI is InChI=1S/C21H14O3/c1-24-16-8-4-5-13(9-16)10-19-20(22)17-11-14-6-2-3-7-15(14)12-18(17)21(19)23/h2-12H,1H3. The Labute approximate surface area is 139 Å². The minimum absolute atomic E-state index is 0.202. The van der Waals surface area contributed by atoms with Crippen molar-refractivity contribution in [3.8, 4) is 5.75 Å². The van der Waals surface area contributed by atoms with Crippen molar-refractivity contribution in [2.24, 2.45) is 0 Å². The summed E-state index contributed by atoms with van der Waals surface area (Å²) in [6.07, 6.45) is 1.64. The van der Waals surface area contributed by atoms with Crippen LogP contribution in [0.4, 0.5) is 0 Å². The lowest BCUT2D eigenvalue weighted by Crippen LogP contribution is -2.00. The second-order valence-corrected chi connectivity index (χ2v) is 5.74. The van der Waals surface area contributed by atoms with Crippen LogP contribution < -0.4 is 4.74 Å². The summed E-state index contributed by atoms with van der Waals surface area (Å²) in [6.45, 7) is 0. The van der Waals surface area contributed by atoms with Crippen molar-refractivity contribution in [3.05, 3.63) is 82.9 Å². The van der Waals surface area contributed by atoms with Crippen LogP contribution in [0.5, 0.6) is 5.75 Å². The summed E-state index contributed by atoms with van der Waals surface area (Å²) in [5.41, 5.74) is 1.93. The van der Waals surface area contributed by atoms with Gasteiger partial charge in [-0.3, -0.25) is 9.59 Å². The first-order chi connectivity index (χ1) is 11.7. The average molecular weight is 314 g/mol. The molecule has 1 aliphatic rings. The molecule has 3 aromatic rings. The van der Waals surface area contributed by atoms with Gasteiger partial charge in [0, 0.05) is 11.1 Å². The van der Waals surface area contributed by atoms with Gasteiger partial charge in [0.1, 0.15) is 5.75 Å².